The molecule has 0 aliphatic carbocycles. The molecule has 122 valence electrons. The SMILES string of the molecule is Cc1cccc(CNC(=O)CCN(C)C2CCS(=O)(=O)C2)c1. The van der Waals surface area contributed by atoms with Crippen LogP contribution in [0.1, 0.15) is 24.0 Å². The van der Waals surface area contributed by atoms with Gasteiger partial charge in [-0.05, 0) is 26.0 Å². The Morgan fingerprint density at radius 3 is 2.82 bits per heavy atom. The number of hydrogen-bond donors (Lipinski definition) is 1. The molecule has 0 spiro atoms. The molecule has 1 heterocycles. The Morgan fingerprint density at radius 1 is 1.41 bits per heavy atom. The van der Waals surface area contributed by atoms with E-state index >= 15 is 0 Å². The molecule has 1 unspecified atom stereocenters. The van der Waals surface area contributed by atoms with Crippen molar-refractivity contribution in [3.8, 4) is 0 Å². The first kappa shape index (κ1) is 17.0. The van der Waals surface area contributed by atoms with Crippen molar-refractivity contribution in [2.45, 2.75) is 32.4 Å². The van der Waals surface area contributed by atoms with E-state index in [1.807, 2.05) is 37.1 Å². The summed E-state index contributed by atoms with van der Waals surface area (Å²) in [7, 11) is -0.983. The van der Waals surface area contributed by atoms with Gasteiger partial charge in [-0.1, -0.05) is 29.8 Å². The second kappa shape index (κ2) is 7.24. The van der Waals surface area contributed by atoms with Gasteiger partial charge in [0.25, 0.3) is 0 Å². The number of benzene rings is 1. The highest BCUT2D eigenvalue weighted by atomic mass is 32.2. The zero-order valence-corrected chi connectivity index (χ0v) is 14.0. The molecule has 1 aromatic rings. The largest absolute Gasteiger partial charge is 0.352 e. The van der Waals surface area contributed by atoms with Crippen molar-refractivity contribution in [3.63, 3.8) is 0 Å². The number of hydrogen-bond acceptors (Lipinski definition) is 4. The Balaban J connectivity index is 1.71. The maximum absolute atomic E-state index is 11.9. The van der Waals surface area contributed by atoms with Gasteiger partial charge in [0.05, 0.1) is 11.5 Å². The molecule has 1 saturated heterocycles. The lowest BCUT2D eigenvalue weighted by atomic mass is 10.1. The molecule has 22 heavy (non-hydrogen) atoms. The van der Waals surface area contributed by atoms with E-state index in [0.717, 1.165) is 5.56 Å². The van der Waals surface area contributed by atoms with E-state index in [0.29, 0.717) is 25.9 Å². The third kappa shape index (κ3) is 5.10. The summed E-state index contributed by atoms with van der Waals surface area (Å²) in [4.78, 5) is 13.9. The van der Waals surface area contributed by atoms with Gasteiger partial charge in [0.1, 0.15) is 0 Å². The highest BCUT2D eigenvalue weighted by molar-refractivity contribution is 7.91. The van der Waals surface area contributed by atoms with Crippen LogP contribution in [0.2, 0.25) is 0 Å². The third-order valence-corrected chi connectivity index (χ3v) is 5.85. The van der Waals surface area contributed by atoms with Gasteiger partial charge >= 0.3 is 0 Å². The number of amides is 1. The fraction of sp³-hybridized carbons (Fsp3) is 0.562. The van der Waals surface area contributed by atoms with Crippen molar-refractivity contribution in [1.82, 2.24) is 10.2 Å². The van der Waals surface area contributed by atoms with Gasteiger partial charge in [0.15, 0.2) is 9.84 Å². The molecule has 0 bridgehead atoms. The Morgan fingerprint density at radius 2 is 2.18 bits per heavy atom. The van der Waals surface area contributed by atoms with E-state index in [-0.39, 0.29) is 23.5 Å². The van der Waals surface area contributed by atoms with Gasteiger partial charge in [-0.15, -0.1) is 0 Å². The monoisotopic (exact) mass is 324 g/mol. The van der Waals surface area contributed by atoms with E-state index in [9.17, 15) is 13.2 Å². The van der Waals surface area contributed by atoms with Crippen molar-refractivity contribution in [2.24, 2.45) is 0 Å². The minimum Gasteiger partial charge on any atom is -0.352 e. The second-order valence-electron chi connectivity index (χ2n) is 6.05. The average Bonchev–Trinajstić information content (AvgIpc) is 2.83. The Bertz CT molecular complexity index is 628. The lowest BCUT2D eigenvalue weighted by Gasteiger charge is -2.22. The fourth-order valence-corrected chi connectivity index (χ4v) is 4.50. The molecule has 1 atom stereocenters. The maximum atomic E-state index is 11.9. The molecule has 1 aromatic carbocycles. The van der Waals surface area contributed by atoms with Crippen molar-refractivity contribution in [2.75, 3.05) is 25.1 Å². The number of rotatable bonds is 6. The molecule has 1 fully saturated rings. The van der Waals surface area contributed by atoms with E-state index in [1.165, 1.54) is 5.56 Å². The molecule has 1 aliphatic rings. The number of aryl methyl sites for hydroxylation is 1. The Kier molecular flexibility index (Phi) is 5.58. The van der Waals surface area contributed by atoms with Crippen molar-refractivity contribution in [3.05, 3.63) is 35.4 Å². The van der Waals surface area contributed by atoms with Gasteiger partial charge in [0.2, 0.25) is 5.91 Å². The number of carbonyl (C=O) groups is 1. The summed E-state index contributed by atoms with van der Waals surface area (Å²) in [5, 5.41) is 2.90. The average molecular weight is 324 g/mol. The number of carbonyl (C=O) groups excluding carboxylic acids is 1. The van der Waals surface area contributed by atoms with Crippen molar-refractivity contribution < 1.29 is 13.2 Å². The predicted molar refractivity (Wildman–Crippen MR) is 87.3 cm³/mol. The van der Waals surface area contributed by atoms with Crippen LogP contribution in [0.4, 0.5) is 0 Å². The fourth-order valence-electron chi connectivity index (χ4n) is 2.69. The topological polar surface area (TPSA) is 66.5 Å². The first-order valence-corrected chi connectivity index (χ1v) is 9.41. The summed E-state index contributed by atoms with van der Waals surface area (Å²) in [6.45, 7) is 3.14. The predicted octanol–water partition coefficient (Wildman–Crippen LogP) is 1.12. The molecule has 0 saturated carbocycles. The first-order valence-electron chi connectivity index (χ1n) is 7.58. The summed E-state index contributed by atoms with van der Waals surface area (Å²) in [5.74, 6) is 0.477. The summed E-state index contributed by atoms with van der Waals surface area (Å²) in [6, 6.07) is 8.09. The summed E-state index contributed by atoms with van der Waals surface area (Å²) >= 11 is 0. The van der Waals surface area contributed by atoms with E-state index < -0.39 is 9.84 Å². The number of nitrogens with zero attached hydrogens (tertiary/aromatic N) is 1. The third-order valence-electron chi connectivity index (χ3n) is 4.10. The molecular formula is C16H24N2O3S. The molecule has 0 aromatic heterocycles. The molecule has 6 heteroatoms. The van der Waals surface area contributed by atoms with Crippen molar-refractivity contribution in [1.29, 1.82) is 0 Å². The van der Waals surface area contributed by atoms with Crippen molar-refractivity contribution >= 4 is 15.7 Å². The zero-order chi connectivity index (χ0) is 16.2. The first-order chi connectivity index (χ1) is 10.4. The summed E-state index contributed by atoms with van der Waals surface area (Å²) < 4.78 is 22.9. The molecule has 2 rings (SSSR count). The van der Waals surface area contributed by atoms with E-state index in [1.54, 1.807) is 0 Å². The summed E-state index contributed by atoms with van der Waals surface area (Å²) in [5.41, 5.74) is 2.26. The van der Waals surface area contributed by atoms with Crippen LogP contribution in [-0.2, 0) is 21.2 Å². The van der Waals surface area contributed by atoms with Gasteiger partial charge in [-0.2, -0.15) is 0 Å². The maximum Gasteiger partial charge on any atom is 0.221 e. The van der Waals surface area contributed by atoms with Crippen LogP contribution in [0.5, 0.6) is 0 Å². The standard InChI is InChI=1S/C16H24N2O3S/c1-13-4-3-5-14(10-13)11-17-16(19)6-8-18(2)15-7-9-22(20,21)12-15/h3-5,10,15H,6-9,11-12H2,1-2H3,(H,17,19). The Hall–Kier alpha value is -1.40. The Labute approximate surface area is 132 Å². The molecule has 1 aliphatic heterocycles. The lowest BCUT2D eigenvalue weighted by Crippen LogP contribution is -2.36. The van der Waals surface area contributed by atoms with Gasteiger partial charge in [-0.25, -0.2) is 8.42 Å². The lowest BCUT2D eigenvalue weighted by molar-refractivity contribution is -0.121. The number of nitrogens with one attached hydrogen (secondary N) is 1. The normalized spacial score (nSPS) is 20.2. The minimum atomic E-state index is -2.87. The van der Waals surface area contributed by atoms with Crippen LogP contribution in [0.15, 0.2) is 24.3 Å². The second-order valence-corrected chi connectivity index (χ2v) is 8.28. The quantitative estimate of drug-likeness (QED) is 0.851. The van der Waals surface area contributed by atoms with Gasteiger partial charge in [-0.3, -0.25) is 4.79 Å². The van der Waals surface area contributed by atoms with Gasteiger partial charge < -0.3 is 10.2 Å². The van der Waals surface area contributed by atoms with Crippen LogP contribution in [0.3, 0.4) is 0 Å². The summed E-state index contributed by atoms with van der Waals surface area (Å²) in [6.07, 6.45) is 1.06. The van der Waals surface area contributed by atoms with E-state index in [2.05, 4.69) is 11.4 Å². The molecule has 1 N–H and O–H groups in total. The molecule has 1 amide bonds. The van der Waals surface area contributed by atoms with Crippen LogP contribution in [-0.4, -0.2) is 50.4 Å². The van der Waals surface area contributed by atoms with Crippen LogP contribution >= 0.6 is 0 Å². The highest BCUT2D eigenvalue weighted by Crippen LogP contribution is 2.16. The highest BCUT2D eigenvalue weighted by Gasteiger charge is 2.30. The molecule has 5 nitrogen and oxygen atoms in total. The van der Waals surface area contributed by atoms with E-state index in [4.69, 9.17) is 0 Å². The number of sulfone groups is 1. The molecule has 0 radical (unpaired) electrons. The zero-order valence-electron chi connectivity index (χ0n) is 13.2. The van der Waals surface area contributed by atoms with Crippen LogP contribution < -0.4 is 5.32 Å². The smallest absolute Gasteiger partial charge is 0.221 e. The minimum absolute atomic E-state index is 0.00536. The molecular weight excluding hydrogens is 300 g/mol. The van der Waals surface area contributed by atoms with Crippen LogP contribution in [0, 0.1) is 6.92 Å². The van der Waals surface area contributed by atoms with Gasteiger partial charge in [0, 0.05) is 25.6 Å². The van der Waals surface area contributed by atoms with Crippen LogP contribution in [0.25, 0.3) is 0 Å².